The lowest BCUT2D eigenvalue weighted by atomic mass is 9.86. The fraction of sp³-hybridized carbons (Fsp3) is 0.800. The highest BCUT2D eigenvalue weighted by Gasteiger charge is 2.53. The van der Waals surface area contributed by atoms with Gasteiger partial charge in [-0.2, -0.15) is 0 Å². The summed E-state index contributed by atoms with van der Waals surface area (Å²) in [5.74, 6) is -1.55. The van der Waals surface area contributed by atoms with Gasteiger partial charge in [0.25, 0.3) is 0 Å². The van der Waals surface area contributed by atoms with E-state index in [0.29, 0.717) is 25.7 Å². The number of ketones is 3. The summed E-state index contributed by atoms with van der Waals surface area (Å²) < 4.78 is 20.2. The number of carbonyl (C=O) groups excluding carboxylic acids is 4. The van der Waals surface area contributed by atoms with Crippen molar-refractivity contribution in [1.82, 2.24) is 5.32 Å². The zero-order valence-electron chi connectivity index (χ0n) is 16.7. The minimum Gasteiger partial charge on any atom is -0.444 e. The molecule has 0 aromatic rings. The maximum Gasteiger partial charge on any atom is 0.408 e. The largest absolute Gasteiger partial charge is 0.444 e. The number of rotatable bonds is 8. The van der Waals surface area contributed by atoms with Crippen LogP contribution in [0.4, 0.5) is 9.18 Å². The second kappa shape index (κ2) is 7.68. The number of hydrogen-bond donors (Lipinski definition) is 1. The Morgan fingerprint density at radius 1 is 1.07 bits per heavy atom. The molecule has 2 saturated carbocycles. The number of halogens is 1. The smallest absolute Gasteiger partial charge is 0.408 e. The number of alkyl halides is 1. The van der Waals surface area contributed by atoms with Crippen LogP contribution in [0.5, 0.6) is 0 Å². The van der Waals surface area contributed by atoms with Gasteiger partial charge < -0.3 is 10.1 Å². The van der Waals surface area contributed by atoms with Crippen LogP contribution in [-0.2, 0) is 19.1 Å². The zero-order chi connectivity index (χ0) is 20.5. The van der Waals surface area contributed by atoms with E-state index in [-0.39, 0.29) is 12.8 Å². The van der Waals surface area contributed by atoms with Gasteiger partial charge in [0.15, 0.2) is 11.6 Å². The fourth-order valence-electron chi connectivity index (χ4n) is 3.74. The van der Waals surface area contributed by atoms with Crippen molar-refractivity contribution in [2.75, 3.05) is 0 Å². The minimum atomic E-state index is -1.50. The number of nitrogens with one attached hydrogen (secondary N) is 1. The summed E-state index contributed by atoms with van der Waals surface area (Å²) in [6, 6.07) is -1.07. The number of alkyl carbamates (subject to hydrolysis) is 1. The Hall–Kier alpha value is -1.79. The Morgan fingerprint density at radius 3 is 2.07 bits per heavy atom. The van der Waals surface area contributed by atoms with Crippen LogP contribution in [0.3, 0.4) is 0 Å². The average Bonchev–Trinajstić information content (AvgIpc) is 3.17. The van der Waals surface area contributed by atoms with E-state index >= 15 is 0 Å². The molecule has 0 aromatic carbocycles. The molecule has 7 heteroatoms. The predicted octanol–water partition coefficient (Wildman–Crippen LogP) is 3.45. The highest BCUT2D eigenvalue weighted by atomic mass is 19.1. The van der Waals surface area contributed by atoms with Gasteiger partial charge in [0.2, 0.25) is 5.78 Å². The highest BCUT2D eigenvalue weighted by molar-refractivity contribution is 6.39. The van der Waals surface area contributed by atoms with Crippen LogP contribution in [0.1, 0.15) is 79.1 Å². The topological polar surface area (TPSA) is 89.5 Å². The Bertz CT molecular complexity index is 627. The maximum atomic E-state index is 15.0. The van der Waals surface area contributed by atoms with Crippen LogP contribution in [0, 0.1) is 5.41 Å². The van der Waals surface area contributed by atoms with E-state index in [2.05, 4.69) is 5.32 Å². The first-order valence-electron chi connectivity index (χ1n) is 9.62. The van der Waals surface area contributed by atoms with E-state index in [0.717, 1.165) is 12.8 Å². The van der Waals surface area contributed by atoms with Gasteiger partial charge in [-0.25, -0.2) is 9.18 Å². The quantitative estimate of drug-likeness (QED) is 0.649. The van der Waals surface area contributed by atoms with Gasteiger partial charge in [-0.05, 0) is 46.5 Å². The Kier molecular flexibility index (Phi) is 6.12. The molecule has 0 unspecified atom stereocenters. The molecule has 0 heterocycles. The van der Waals surface area contributed by atoms with Crippen LogP contribution in [0.25, 0.3) is 0 Å². The highest BCUT2D eigenvalue weighted by Crippen LogP contribution is 2.50. The van der Waals surface area contributed by atoms with E-state index in [4.69, 9.17) is 4.74 Å². The third-order valence-electron chi connectivity index (χ3n) is 5.32. The van der Waals surface area contributed by atoms with Crippen molar-refractivity contribution < 1.29 is 28.3 Å². The molecule has 0 aliphatic heterocycles. The van der Waals surface area contributed by atoms with Crippen molar-refractivity contribution in [3.8, 4) is 0 Å². The summed E-state index contributed by atoms with van der Waals surface area (Å²) in [5, 5.41) is 2.50. The third kappa shape index (κ3) is 5.84. The lowest BCUT2D eigenvalue weighted by Crippen LogP contribution is -2.47. The molecular weight excluding hydrogens is 353 g/mol. The van der Waals surface area contributed by atoms with Crippen LogP contribution in [-0.4, -0.2) is 40.8 Å². The average molecular weight is 383 g/mol. The van der Waals surface area contributed by atoms with E-state index in [1.807, 2.05) is 0 Å². The van der Waals surface area contributed by atoms with Gasteiger partial charge in [0, 0.05) is 25.2 Å². The summed E-state index contributed by atoms with van der Waals surface area (Å²) >= 11 is 0. The van der Waals surface area contributed by atoms with E-state index in [9.17, 15) is 23.6 Å². The number of ether oxygens (including phenoxy) is 1. The molecule has 0 aromatic heterocycles. The first kappa shape index (κ1) is 21.5. The molecular formula is C20H30FNO5. The van der Waals surface area contributed by atoms with Crippen LogP contribution in [0.15, 0.2) is 0 Å². The lowest BCUT2D eigenvalue weighted by molar-refractivity contribution is -0.140. The predicted molar refractivity (Wildman–Crippen MR) is 97.1 cm³/mol. The van der Waals surface area contributed by atoms with E-state index in [1.165, 1.54) is 6.92 Å². The number of hydrogen-bond acceptors (Lipinski definition) is 5. The molecule has 152 valence electrons. The van der Waals surface area contributed by atoms with Crippen LogP contribution >= 0.6 is 0 Å². The van der Waals surface area contributed by atoms with Gasteiger partial charge in [0.05, 0.1) is 6.04 Å². The standard InChI is InChI=1S/C20H30FNO5/c1-13(23)16(25)19(9-10-19)12-15(24)14(11-20(21)7-5-6-8-20)22-17(26)27-18(2,3)4/h14H,5-12H2,1-4H3,(H,22,26)/t14-/m0/s1. The van der Waals surface area contributed by atoms with Gasteiger partial charge in [-0.1, -0.05) is 12.8 Å². The Labute approximate surface area is 159 Å². The summed E-state index contributed by atoms with van der Waals surface area (Å²) in [4.78, 5) is 48.6. The maximum absolute atomic E-state index is 15.0. The summed E-state index contributed by atoms with van der Waals surface area (Å²) in [5.41, 5.74) is -3.21. The van der Waals surface area contributed by atoms with Crippen LogP contribution < -0.4 is 5.32 Å². The first-order valence-corrected chi connectivity index (χ1v) is 9.62. The molecule has 0 bridgehead atoms. The van der Waals surface area contributed by atoms with E-state index < -0.39 is 46.2 Å². The molecule has 2 fully saturated rings. The van der Waals surface area contributed by atoms with Crippen molar-refractivity contribution in [3.63, 3.8) is 0 Å². The molecule has 2 aliphatic carbocycles. The second-order valence-electron chi connectivity index (χ2n) is 9.07. The number of amides is 1. The SMILES string of the molecule is CC(=O)C(=O)C1(CC(=O)[C@H](CC2(F)CCCC2)NC(=O)OC(C)(C)C)CC1. The summed E-state index contributed by atoms with van der Waals surface area (Å²) in [6.45, 7) is 6.28. The molecule has 2 aliphatic rings. The molecule has 1 atom stereocenters. The molecule has 2 rings (SSSR count). The normalized spacial score (nSPS) is 21.2. The first-order chi connectivity index (χ1) is 12.4. The Balaban J connectivity index is 2.10. The minimum absolute atomic E-state index is 0.130. The van der Waals surface area contributed by atoms with E-state index in [1.54, 1.807) is 20.8 Å². The molecule has 6 nitrogen and oxygen atoms in total. The van der Waals surface area contributed by atoms with Crippen molar-refractivity contribution in [3.05, 3.63) is 0 Å². The summed E-state index contributed by atoms with van der Waals surface area (Å²) in [6.07, 6.45) is 2.07. The van der Waals surface area contributed by atoms with Crippen LogP contribution in [0.2, 0.25) is 0 Å². The second-order valence-corrected chi connectivity index (χ2v) is 9.07. The van der Waals surface area contributed by atoms with Crippen molar-refractivity contribution in [1.29, 1.82) is 0 Å². The lowest BCUT2D eigenvalue weighted by Gasteiger charge is -2.28. The zero-order valence-corrected chi connectivity index (χ0v) is 16.7. The monoisotopic (exact) mass is 383 g/mol. The Morgan fingerprint density at radius 2 is 1.63 bits per heavy atom. The van der Waals surface area contributed by atoms with Gasteiger partial charge in [0.1, 0.15) is 11.3 Å². The van der Waals surface area contributed by atoms with Gasteiger partial charge in [-0.15, -0.1) is 0 Å². The number of carbonyl (C=O) groups is 4. The molecule has 0 spiro atoms. The van der Waals surface area contributed by atoms with Crippen molar-refractivity contribution in [2.45, 2.75) is 96.4 Å². The molecule has 1 amide bonds. The fourth-order valence-corrected chi connectivity index (χ4v) is 3.74. The van der Waals surface area contributed by atoms with Gasteiger partial charge in [-0.3, -0.25) is 14.4 Å². The molecule has 0 saturated heterocycles. The van der Waals surface area contributed by atoms with Gasteiger partial charge >= 0.3 is 6.09 Å². The molecule has 1 N–H and O–H groups in total. The summed E-state index contributed by atoms with van der Waals surface area (Å²) in [7, 11) is 0. The van der Waals surface area contributed by atoms with Crippen molar-refractivity contribution >= 4 is 23.4 Å². The molecule has 0 radical (unpaired) electrons. The molecule has 27 heavy (non-hydrogen) atoms. The third-order valence-corrected chi connectivity index (χ3v) is 5.32. The number of Topliss-reactive ketones (excluding diaryl/α,β-unsaturated/α-hetero) is 3. The van der Waals surface area contributed by atoms with Crippen molar-refractivity contribution in [2.24, 2.45) is 5.41 Å².